The van der Waals surface area contributed by atoms with E-state index >= 15 is 0 Å². The summed E-state index contributed by atoms with van der Waals surface area (Å²) in [6.45, 7) is 3.67. The molecule has 0 saturated heterocycles. The molecule has 0 heterocycles. The summed E-state index contributed by atoms with van der Waals surface area (Å²) < 4.78 is 0. The summed E-state index contributed by atoms with van der Waals surface area (Å²) in [4.78, 5) is 0. The van der Waals surface area contributed by atoms with E-state index in [4.69, 9.17) is 16.9 Å². The first kappa shape index (κ1) is 13.0. The van der Waals surface area contributed by atoms with Crippen LogP contribution in [0.4, 0.5) is 0 Å². The zero-order chi connectivity index (χ0) is 12.3. The number of aliphatic hydroxyl groups is 2. The molecule has 0 saturated carbocycles. The summed E-state index contributed by atoms with van der Waals surface area (Å²) in [7, 11) is 0. The lowest BCUT2D eigenvalue weighted by Crippen LogP contribution is -2.17. The predicted molar refractivity (Wildman–Crippen MR) is 62.1 cm³/mol. The van der Waals surface area contributed by atoms with E-state index in [0.29, 0.717) is 10.6 Å². The van der Waals surface area contributed by atoms with Crippen LogP contribution in [0.25, 0.3) is 0 Å². The lowest BCUT2D eigenvalue weighted by atomic mass is 9.98. The largest absolute Gasteiger partial charge is 0.389 e. The maximum atomic E-state index is 9.82. The molecule has 16 heavy (non-hydrogen) atoms. The number of halogens is 1. The van der Waals surface area contributed by atoms with Gasteiger partial charge in [-0.1, -0.05) is 23.7 Å². The highest BCUT2D eigenvalue weighted by atomic mass is 35.5. The van der Waals surface area contributed by atoms with Crippen molar-refractivity contribution < 1.29 is 10.2 Å². The molecule has 0 fully saturated rings. The van der Waals surface area contributed by atoms with Crippen LogP contribution in [0, 0.1) is 25.2 Å². The third kappa shape index (κ3) is 2.73. The molecule has 0 spiro atoms. The minimum atomic E-state index is -1.06. The van der Waals surface area contributed by atoms with Gasteiger partial charge in [0.15, 0.2) is 0 Å². The number of nitriles is 1. The van der Waals surface area contributed by atoms with E-state index in [1.807, 2.05) is 19.9 Å². The third-order valence-corrected chi connectivity index (χ3v) is 3.06. The highest BCUT2D eigenvalue weighted by Crippen LogP contribution is 2.27. The first-order chi connectivity index (χ1) is 7.47. The van der Waals surface area contributed by atoms with E-state index in [1.165, 1.54) is 0 Å². The number of aliphatic hydroxyl groups excluding tert-OH is 2. The Labute approximate surface area is 99.9 Å². The van der Waals surface area contributed by atoms with E-state index in [0.717, 1.165) is 11.1 Å². The lowest BCUT2D eigenvalue weighted by Gasteiger charge is -2.17. The highest BCUT2D eigenvalue weighted by molar-refractivity contribution is 6.32. The molecule has 2 N–H and O–H groups in total. The van der Waals surface area contributed by atoms with Crippen molar-refractivity contribution in [2.75, 3.05) is 0 Å². The van der Waals surface area contributed by atoms with E-state index in [1.54, 1.807) is 12.1 Å². The number of aryl methyl sites for hydroxylation is 2. The average molecular weight is 240 g/mol. The molecular weight excluding hydrogens is 226 g/mol. The van der Waals surface area contributed by atoms with Gasteiger partial charge in [0, 0.05) is 5.02 Å². The molecule has 0 amide bonds. The minimum Gasteiger partial charge on any atom is -0.389 e. The molecule has 0 radical (unpaired) electrons. The van der Waals surface area contributed by atoms with Gasteiger partial charge in [-0.15, -0.1) is 0 Å². The van der Waals surface area contributed by atoms with Gasteiger partial charge < -0.3 is 10.2 Å². The van der Waals surface area contributed by atoms with Crippen molar-refractivity contribution in [1.82, 2.24) is 0 Å². The van der Waals surface area contributed by atoms with Crippen molar-refractivity contribution in [1.29, 1.82) is 5.26 Å². The zero-order valence-electron chi connectivity index (χ0n) is 9.24. The summed E-state index contributed by atoms with van der Waals surface area (Å²) in [6, 6.07) is 5.27. The Balaban J connectivity index is 3.01. The molecule has 1 rings (SSSR count). The summed E-state index contributed by atoms with van der Waals surface area (Å²) in [5, 5.41) is 28.4. The van der Waals surface area contributed by atoms with Gasteiger partial charge in [0.05, 0.1) is 18.6 Å². The summed E-state index contributed by atoms with van der Waals surface area (Å²) in [6.07, 6.45) is -2.21. The molecule has 0 aliphatic rings. The second kappa shape index (κ2) is 5.31. The van der Waals surface area contributed by atoms with Crippen molar-refractivity contribution in [3.05, 3.63) is 33.8 Å². The van der Waals surface area contributed by atoms with Crippen LogP contribution in [0.2, 0.25) is 5.02 Å². The van der Waals surface area contributed by atoms with Crippen molar-refractivity contribution >= 4 is 11.6 Å². The van der Waals surface area contributed by atoms with Crippen molar-refractivity contribution in [3.8, 4) is 6.07 Å². The van der Waals surface area contributed by atoms with Gasteiger partial charge in [-0.05, 0) is 30.5 Å². The molecule has 3 nitrogen and oxygen atoms in total. The number of nitrogens with zero attached hydrogens (tertiary/aromatic N) is 1. The van der Waals surface area contributed by atoms with E-state index in [9.17, 15) is 10.2 Å². The van der Waals surface area contributed by atoms with Gasteiger partial charge in [0.1, 0.15) is 6.10 Å². The average Bonchev–Trinajstić information content (AvgIpc) is 2.24. The maximum Gasteiger partial charge on any atom is 0.106 e. The quantitative estimate of drug-likeness (QED) is 0.851. The first-order valence-corrected chi connectivity index (χ1v) is 5.35. The molecule has 0 aromatic heterocycles. The van der Waals surface area contributed by atoms with Gasteiger partial charge >= 0.3 is 0 Å². The van der Waals surface area contributed by atoms with E-state index in [2.05, 4.69) is 0 Å². The Bertz CT molecular complexity index is 403. The van der Waals surface area contributed by atoms with E-state index in [-0.39, 0.29) is 6.42 Å². The van der Waals surface area contributed by atoms with Gasteiger partial charge in [0.25, 0.3) is 0 Å². The number of rotatable bonds is 3. The Morgan fingerprint density at radius 3 is 2.25 bits per heavy atom. The monoisotopic (exact) mass is 239 g/mol. The SMILES string of the molecule is Cc1cc(C(O)C(O)CC#N)cc(C)c1Cl. The van der Waals surface area contributed by atoms with Crippen LogP contribution >= 0.6 is 11.6 Å². The first-order valence-electron chi connectivity index (χ1n) is 4.97. The van der Waals surface area contributed by atoms with Gasteiger partial charge in [0.2, 0.25) is 0 Å². The van der Waals surface area contributed by atoms with Crippen molar-refractivity contribution in [2.24, 2.45) is 0 Å². The van der Waals surface area contributed by atoms with Crippen LogP contribution in [-0.2, 0) is 0 Å². The number of benzene rings is 1. The Hall–Kier alpha value is -1.08. The van der Waals surface area contributed by atoms with Crippen LogP contribution in [0.3, 0.4) is 0 Å². The molecule has 4 heteroatoms. The fourth-order valence-electron chi connectivity index (χ4n) is 1.58. The van der Waals surface area contributed by atoms with Gasteiger partial charge in [-0.25, -0.2) is 0 Å². The molecule has 2 unspecified atom stereocenters. The molecule has 86 valence electrons. The van der Waals surface area contributed by atoms with Crippen LogP contribution in [-0.4, -0.2) is 16.3 Å². The Kier molecular flexibility index (Phi) is 4.31. The highest BCUT2D eigenvalue weighted by Gasteiger charge is 2.19. The molecule has 1 aromatic carbocycles. The topological polar surface area (TPSA) is 64.2 Å². The smallest absolute Gasteiger partial charge is 0.106 e. The standard InChI is InChI=1S/C12H14ClNO2/c1-7-5-9(6-8(2)11(7)13)12(16)10(15)3-4-14/h5-6,10,12,15-16H,3H2,1-2H3. The van der Waals surface area contributed by atoms with Crippen molar-refractivity contribution in [3.63, 3.8) is 0 Å². The summed E-state index contributed by atoms with van der Waals surface area (Å²) >= 11 is 6.00. The normalized spacial score (nSPS) is 14.2. The minimum absolute atomic E-state index is 0.0953. The Morgan fingerprint density at radius 1 is 1.31 bits per heavy atom. The molecule has 2 atom stereocenters. The predicted octanol–water partition coefficient (Wildman–Crippen LogP) is 2.26. The van der Waals surface area contributed by atoms with E-state index < -0.39 is 12.2 Å². The van der Waals surface area contributed by atoms with Crippen LogP contribution in [0.5, 0.6) is 0 Å². The second-order valence-corrected chi connectivity index (χ2v) is 4.22. The Morgan fingerprint density at radius 2 is 1.81 bits per heavy atom. The molecule has 0 aliphatic heterocycles. The maximum absolute atomic E-state index is 9.82. The lowest BCUT2D eigenvalue weighted by molar-refractivity contribution is 0.0216. The molecule has 1 aromatic rings. The second-order valence-electron chi connectivity index (χ2n) is 3.84. The van der Waals surface area contributed by atoms with Crippen LogP contribution in [0.1, 0.15) is 29.2 Å². The zero-order valence-corrected chi connectivity index (χ0v) is 9.99. The molecule has 0 bridgehead atoms. The number of hydrogen-bond donors (Lipinski definition) is 2. The molecule has 0 aliphatic carbocycles. The fraction of sp³-hybridized carbons (Fsp3) is 0.417. The van der Waals surface area contributed by atoms with Gasteiger partial charge in [-0.2, -0.15) is 5.26 Å². The van der Waals surface area contributed by atoms with Crippen molar-refractivity contribution in [2.45, 2.75) is 32.5 Å². The number of hydrogen-bond acceptors (Lipinski definition) is 3. The summed E-state index contributed by atoms with van der Waals surface area (Å²) in [5.74, 6) is 0. The fourth-order valence-corrected chi connectivity index (χ4v) is 1.69. The van der Waals surface area contributed by atoms with Crippen LogP contribution in [0.15, 0.2) is 12.1 Å². The van der Waals surface area contributed by atoms with Gasteiger partial charge in [-0.3, -0.25) is 0 Å². The summed E-state index contributed by atoms with van der Waals surface area (Å²) in [5.41, 5.74) is 2.28. The molecular formula is C12H14ClNO2. The van der Waals surface area contributed by atoms with Crippen LogP contribution < -0.4 is 0 Å². The third-order valence-electron chi connectivity index (χ3n) is 2.47.